The van der Waals surface area contributed by atoms with Gasteiger partial charge in [0.05, 0.1) is 17.7 Å². The van der Waals surface area contributed by atoms with Gasteiger partial charge in [0, 0.05) is 30.7 Å². The minimum Gasteiger partial charge on any atom is -0.470 e. The fourth-order valence-corrected chi connectivity index (χ4v) is 3.52. The number of piperidine rings is 1. The van der Waals surface area contributed by atoms with Crippen LogP contribution in [0.4, 0.5) is 17.6 Å². The zero-order valence-electron chi connectivity index (χ0n) is 16.7. The number of halogens is 4. The van der Waals surface area contributed by atoms with E-state index in [-0.39, 0.29) is 12.5 Å². The summed E-state index contributed by atoms with van der Waals surface area (Å²) in [4.78, 5) is 26.7. The number of pyridine rings is 1. The van der Waals surface area contributed by atoms with Crippen LogP contribution in [-0.2, 0) is 6.18 Å². The van der Waals surface area contributed by atoms with Crippen molar-refractivity contribution in [2.24, 2.45) is 0 Å². The molecule has 10 heteroatoms. The molecule has 0 N–H and O–H groups in total. The molecule has 1 atom stereocenters. The lowest BCUT2D eigenvalue weighted by atomic mass is 10.0. The minimum atomic E-state index is -4.70. The predicted molar refractivity (Wildman–Crippen MR) is 106 cm³/mol. The molecule has 0 bridgehead atoms. The molecule has 32 heavy (non-hydrogen) atoms. The van der Waals surface area contributed by atoms with Crippen molar-refractivity contribution in [3.63, 3.8) is 0 Å². The van der Waals surface area contributed by atoms with Crippen LogP contribution in [0.3, 0.4) is 0 Å². The lowest BCUT2D eigenvalue weighted by Gasteiger charge is -2.33. The van der Waals surface area contributed by atoms with E-state index in [0.29, 0.717) is 48.6 Å². The van der Waals surface area contributed by atoms with Gasteiger partial charge < -0.3 is 9.64 Å². The van der Waals surface area contributed by atoms with Crippen LogP contribution < -0.4 is 4.74 Å². The Morgan fingerprint density at radius 1 is 1.09 bits per heavy atom. The standard InChI is InChI=1S/C22H18F4N4O2/c23-18-11-14(22(24,25)26)12-29-20(18)32-15-5-3-10-30(13-15)21(31)17-7-2-1-6-16(17)19-27-8-4-9-28-19/h1-2,4,6-9,11-12,15H,3,5,10,13H2/t15-/m1/s1. The van der Waals surface area contributed by atoms with Crippen LogP contribution in [0.1, 0.15) is 28.8 Å². The van der Waals surface area contributed by atoms with Crippen molar-refractivity contribution in [3.05, 3.63) is 71.9 Å². The smallest absolute Gasteiger partial charge is 0.417 e. The van der Waals surface area contributed by atoms with Crippen molar-refractivity contribution in [2.75, 3.05) is 13.1 Å². The van der Waals surface area contributed by atoms with Gasteiger partial charge in [-0.25, -0.2) is 19.3 Å². The molecule has 1 fully saturated rings. The average molecular weight is 446 g/mol. The monoisotopic (exact) mass is 446 g/mol. The Balaban J connectivity index is 1.50. The van der Waals surface area contributed by atoms with E-state index in [1.165, 1.54) is 0 Å². The number of carbonyl (C=O) groups is 1. The highest BCUT2D eigenvalue weighted by Crippen LogP contribution is 2.31. The maximum Gasteiger partial charge on any atom is 0.417 e. The third-order valence-corrected chi connectivity index (χ3v) is 5.04. The highest BCUT2D eigenvalue weighted by atomic mass is 19.4. The van der Waals surface area contributed by atoms with Gasteiger partial charge in [-0.15, -0.1) is 0 Å². The number of alkyl halides is 3. The number of hydrogen-bond donors (Lipinski definition) is 0. The summed E-state index contributed by atoms with van der Waals surface area (Å²) >= 11 is 0. The van der Waals surface area contributed by atoms with E-state index >= 15 is 0 Å². The Labute approximate surface area is 180 Å². The fourth-order valence-electron chi connectivity index (χ4n) is 3.52. The van der Waals surface area contributed by atoms with Gasteiger partial charge in [0.1, 0.15) is 6.10 Å². The van der Waals surface area contributed by atoms with Crippen LogP contribution in [0.15, 0.2) is 55.0 Å². The van der Waals surface area contributed by atoms with Crippen molar-refractivity contribution in [2.45, 2.75) is 25.1 Å². The van der Waals surface area contributed by atoms with Crippen LogP contribution in [0.25, 0.3) is 11.4 Å². The van der Waals surface area contributed by atoms with E-state index in [1.54, 1.807) is 47.6 Å². The van der Waals surface area contributed by atoms with E-state index in [0.717, 1.165) is 0 Å². The van der Waals surface area contributed by atoms with Gasteiger partial charge in [-0.05, 0) is 31.0 Å². The second kappa shape index (κ2) is 8.89. The number of amides is 1. The molecule has 1 amide bonds. The fraction of sp³-hybridized carbons (Fsp3) is 0.273. The van der Waals surface area contributed by atoms with Gasteiger partial charge in [-0.1, -0.05) is 18.2 Å². The summed E-state index contributed by atoms with van der Waals surface area (Å²) in [5.41, 5.74) is -0.197. The van der Waals surface area contributed by atoms with E-state index in [4.69, 9.17) is 4.74 Å². The highest BCUT2D eigenvalue weighted by molar-refractivity contribution is 6.00. The number of carbonyl (C=O) groups excluding carboxylic acids is 1. The maximum atomic E-state index is 14.1. The molecule has 166 valence electrons. The first-order valence-corrected chi connectivity index (χ1v) is 9.88. The van der Waals surface area contributed by atoms with Gasteiger partial charge in [0.25, 0.3) is 11.8 Å². The molecule has 6 nitrogen and oxygen atoms in total. The predicted octanol–water partition coefficient (Wildman–Crippen LogP) is 4.38. The summed E-state index contributed by atoms with van der Waals surface area (Å²) < 4.78 is 57.8. The van der Waals surface area contributed by atoms with Crippen LogP contribution in [0, 0.1) is 5.82 Å². The van der Waals surface area contributed by atoms with Gasteiger partial charge >= 0.3 is 6.18 Å². The molecule has 1 saturated heterocycles. The number of nitrogens with zero attached hydrogens (tertiary/aromatic N) is 4. The highest BCUT2D eigenvalue weighted by Gasteiger charge is 2.33. The number of rotatable bonds is 4. The minimum absolute atomic E-state index is 0.144. The molecular formula is C22H18F4N4O2. The summed E-state index contributed by atoms with van der Waals surface area (Å²) in [5, 5.41) is 0. The molecule has 1 aliphatic heterocycles. The zero-order valence-corrected chi connectivity index (χ0v) is 16.7. The van der Waals surface area contributed by atoms with Crippen LogP contribution in [-0.4, -0.2) is 45.0 Å². The molecule has 0 spiro atoms. The molecular weight excluding hydrogens is 428 g/mol. The molecule has 1 aromatic carbocycles. The van der Waals surface area contributed by atoms with Crippen molar-refractivity contribution < 1.29 is 27.1 Å². The van der Waals surface area contributed by atoms with Crippen molar-refractivity contribution in [3.8, 4) is 17.3 Å². The van der Waals surface area contributed by atoms with E-state index in [9.17, 15) is 22.4 Å². The number of ether oxygens (including phenoxy) is 1. The third-order valence-electron chi connectivity index (χ3n) is 5.04. The van der Waals surface area contributed by atoms with E-state index in [2.05, 4.69) is 15.0 Å². The topological polar surface area (TPSA) is 68.2 Å². The molecule has 0 aliphatic carbocycles. The number of aromatic nitrogens is 3. The lowest BCUT2D eigenvalue weighted by molar-refractivity contribution is -0.138. The largest absolute Gasteiger partial charge is 0.470 e. The summed E-state index contributed by atoms with van der Waals surface area (Å²) in [7, 11) is 0. The molecule has 3 aromatic rings. The third kappa shape index (κ3) is 4.68. The molecule has 0 unspecified atom stereocenters. The van der Waals surface area contributed by atoms with Crippen molar-refractivity contribution in [1.82, 2.24) is 19.9 Å². The maximum absolute atomic E-state index is 14.1. The Bertz CT molecular complexity index is 1110. The van der Waals surface area contributed by atoms with Gasteiger partial charge in [0.2, 0.25) is 0 Å². The second-order valence-corrected chi connectivity index (χ2v) is 7.26. The Kier molecular flexibility index (Phi) is 6.02. The Hall–Kier alpha value is -3.56. The van der Waals surface area contributed by atoms with Crippen LogP contribution in [0.2, 0.25) is 0 Å². The first kappa shape index (κ1) is 21.7. The zero-order chi connectivity index (χ0) is 22.7. The Morgan fingerprint density at radius 3 is 2.56 bits per heavy atom. The normalized spacial score (nSPS) is 16.6. The molecule has 4 rings (SSSR count). The Morgan fingerprint density at radius 2 is 1.84 bits per heavy atom. The first-order chi connectivity index (χ1) is 15.3. The van der Waals surface area contributed by atoms with Gasteiger partial charge in [-0.3, -0.25) is 4.79 Å². The van der Waals surface area contributed by atoms with Crippen LogP contribution >= 0.6 is 0 Å². The average Bonchev–Trinajstić information content (AvgIpc) is 2.80. The van der Waals surface area contributed by atoms with Gasteiger partial charge in [-0.2, -0.15) is 13.2 Å². The first-order valence-electron chi connectivity index (χ1n) is 9.88. The SMILES string of the molecule is O=C(c1ccccc1-c1ncccn1)N1CCC[C@@H](Oc2ncc(C(F)(F)F)cc2F)C1. The van der Waals surface area contributed by atoms with E-state index < -0.39 is 29.5 Å². The summed E-state index contributed by atoms with van der Waals surface area (Å²) in [6, 6.07) is 8.97. The van der Waals surface area contributed by atoms with Gasteiger partial charge in [0.15, 0.2) is 11.6 Å². The molecule has 1 aliphatic rings. The van der Waals surface area contributed by atoms with Crippen molar-refractivity contribution >= 4 is 5.91 Å². The summed E-state index contributed by atoms with van der Waals surface area (Å²) in [6.07, 6.45) is -0.513. The molecule has 0 radical (unpaired) electrons. The second-order valence-electron chi connectivity index (χ2n) is 7.26. The van der Waals surface area contributed by atoms with Crippen LogP contribution in [0.5, 0.6) is 5.88 Å². The number of likely N-dealkylation sites (tertiary alicyclic amines) is 1. The van der Waals surface area contributed by atoms with Crippen molar-refractivity contribution in [1.29, 1.82) is 0 Å². The van der Waals surface area contributed by atoms with E-state index in [1.807, 2.05) is 0 Å². The summed E-state index contributed by atoms with van der Waals surface area (Å²) in [5.74, 6) is -1.57. The lowest BCUT2D eigenvalue weighted by Crippen LogP contribution is -2.44. The molecule has 2 aromatic heterocycles. The quantitative estimate of drug-likeness (QED) is 0.557. The molecule has 3 heterocycles. The summed E-state index contributed by atoms with van der Waals surface area (Å²) in [6.45, 7) is 0.608. The number of benzene rings is 1. The number of hydrogen-bond acceptors (Lipinski definition) is 5. The molecule has 0 saturated carbocycles.